The Hall–Kier alpha value is -8.77. The summed E-state index contributed by atoms with van der Waals surface area (Å²) in [6.07, 6.45) is 0. The van der Waals surface area contributed by atoms with Crippen LogP contribution in [0.15, 0.2) is 243 Å². The van der Waals surface area contributed by atoms with Crippen LogP contribution in [0.1, 0.15) is 5.56 Å². The normalized spacial score (nSPS) is 11.4. The maximum absolute atomic E-state index is 9.59. The van der Waals surface area contributed by atoms with E-state index in [9.17, 15) is 5.26 Å². The molecule has 0 fully saturated rings. The first-order chi connectivity index (χ1) is 32.2. The number of hydrogen-bond donors (Lipinski definition) is 0. The summed E-state index contributed by atoms with van der Waals surface area (Å²) in [5, 5.41) is 21.8. The first kappa shape index (κ1) is 37.9. The third kappa shape index (κ3) is 6.67. The summed E-state index contributed by atoms with van der Waals surface area (Å²) in [5.41, 5.74) is 13.4. The van der Waals surface area contributed by atoms with Crippen molar-refractivity contribution in [3.63, 3.8) is 0 Å². The van der Waals surface area contributed by atoms with Gasteiger partial charge in [0.05, 0.1) is 11.6 Å². The highest BCUT2D eigenvalue weighted by atomic mass is 15.1. The minimum atomic E-state index is 0.634. The highest BCUT2D eigenvalue weighted by Gasteiger charge is 2.20. The molecule has 0 heterocycles. The van der Waals surface area contributed by atoms with Gasteiger partial charge in [-0.05, 0) is 159 Å². The van der Waals surface area contributed by atoms with Crippen LogP contribution < -0.4 is 4.90 Å². The Bertz CT molecular complexity index is 3810. The Balaban J connectivity index is 1.02. The maximum atomic E-state index is 9.59. The average Bonchev–Trinajstić information content (AvgIpc) is 3.38. The maximum Gasteiger partial charge on any atom is 0.0991 e. The topological polar surface area (TPSA) is 27.0 Å². The Morgan fingerprint density at radius 3 is 1.37 bits per heavy atom. The summed E-state index contributed by atoms with van der Waals surface area (Å²) in [5.74, 6) is 0. The Labute approximate surface area is 378 Å². The van der Waals surface area contributed by atoms with Crippen molar-refractivity contribution in [2.24, 2.45) is 0 Å². The number of anilines is 3. The predicted molar refractivity (Wildman–Crippen MR) is 275 cm³/mol. The summed E-state index contributed by atoms with van der Waals surface area (Å²) in [4.78, 5) is 2.26. The van der Waals surface area contributed by atoms with E-state index in [0.717, 1.165) is 39.0 Å². The lowest BCUT2D eigenvalue weighted by Crippen LogP contribution is -2.09. The van der Waals surface area contributed by atoms with Gasteiger partial charge in [-0.15, -0.1) is 0 Å². The summed E-state index contributed by atoms with van der Waals surface area (Å²) in [6, 6.07) is 89.7. The quantitative estimate of drug-likeness (QED) is 0.150. The van der Waals surface area contributed by atoms with Crippen molar-refractivity contribution >= 4 is 70.9 Å². The molecule has 12 rings (SSSR count). The van der Waals surface area contributed by atoms with E-state index < -0.39 is 0 Å². The molecule has 0 aliphatic heterocycles. The Morgan fingerprint density at radius 2 is 0.723 bits per heavy atom. The zero-order valence-electron chi connectivity index (χ0n) is 35.5. The van der Waals surface area contributed by atoms with Gasteiger partial charge in [-0.2, -0.15) is 5.26 Å². The molecular formula is C63H40N2. The molecule has 0 N–H and O–H groups in total. The van der Waals surface area contributed by atoms with Gasteiger partial charge in [-0.3, -0.25) is 0 Å². The molecule has 0 radical (unpaired) electrons. The lowest BCUT2D eigenvalue weighted by atomic mass is 9.83. The van der Waals surface area contributed by atoms with Crippen molar-refractivity contribution < 1.29 is 0 Å². The van der Waals surface area contributed by atoms with E-state index in [1.165, 1.54) is 76.5 Å². The predicted octanol–water partition coefficient (Wildman–Crippen LogP) is 17.5. The van der Waals surface area contributed by atoms with Crippen LogP contribution in [0.3, 0.4) is 0 Å². The largest absolute Gasteiger partial charge is 0.310 e. The van der Waals surface area contributed by atoms with Crippen LogP contribution in [0.4, 0.5) is 17.1 Å². The number of fused-ring (bicyclic) bond motifs is 5. The van der Waals surface area contributed by atoms with E-state index in [-0.39, 0.29) is 0 Å². The van der Waals surface area contributed by atoms with E-state index in [1.54, 1.807) is 0 Å². The molecule has 0 unspecified atom stereocenters. The molecule has 0 atom stereocenters. The zero-order chi connectivity index (χ0) is 43.3. The molecular weight excluding hydrogens is 785 g/mol. The lowest BCUT2D eigenvalue weighted by molar-refractivity contribution is 1.29. The summed E-state index contributed by atoms with van der Waals surface area (Å²) < 4.78 is 0. The van der Waals surface area contributed by atoms with Crippen molar-refractivity contribution in [3.8, 4) is 50.6 Å². The second kappa shape index (κ2) is 15.9. The second-order valence-corrected chi connectivity index (χ2v) is 16.8. The van der Waals surface area contributed by atoms with Gasteiger partial charge in [-0.1, -0.05) is 182 Å². The number of nitriles is 1. The highest BCUT2D eigenvalue weighted by Crippen LogP contribution is 2.48. The molecule has 65 heavy (non-hydrogen) atoms. The van der Waals surface area contributed by atoms with Crippen LogP contribution in [0.2, 0.25) is 0 Å². The summed E-state index contributed by atoms with van der Waals surface area (Å²) in [7, 11) is 0. The molecule has 0 aliphatic rings. The third-order valence-corrected chi connectivity index (χ3v) is 13.0. The van der Waals surface area contributed by atoms with Crippen LogP contribution in [-0.2, 0) is 0 Å². The fourth-order valence-corrected chi connectivity index (χ4v) is 9.94. The van der Waals surface area contributed by atoms with Gasteiger partial charge in [0, 0.05) is 17.1 Å². The van der Waals surface area contributed by atoms with Crippen molar-refractivity contribution in [2.45, 2.75) is 0 Å². The van der Waals surface area contributed by atoms with Crippen LogP contribution in [0.5, 0.6) is 0 Å². The molecule has 0 aromatic heterocycles. The minimum absolute atomic E-state index is 0.634. The smallest absolute Gasteiger partial charge is 0.0991 e. The SMILES string of the molecule is N#Cc1ccc(N(c2ccc(-c3ccccc3)cc2)c2ccc3cc(-c4ccc5c(-c6cccc7ccccc67)c6ccccc6c(-c6cccc7ccccc67)c5c4)ccc3c2)cc1. The van der Waals surface area contributed by atoms with Gasteiger partial charge >= 0.3 is 0 Å². The van der Waals surface area contributed by atoms with E-state index in [0.29, 0.717) is 5.56 Å². The van der Waals surface area contributed by atoms with Gasteiger partial charge < -0.3 is 4.90 Å². The molecule has 0 saturated heterocycles. The highest BCUT2D eigenvalue weighted by molar-refractivity contribution is 6.25. The third-order valence-electron chi connectivity index (χ3n) is 13.0. The fourth-order valence-electron chi connectivity index (χ4n) is 9.94. The molecule has 12 aromatic carbocycles. The van der Waals surface area contributed by atoms with Crippen LogP contribution in [0, 0.1) is 11.3 Å². The van der Waals surface area contributed by atoms with E-state index >= 15 is 0 Å². The average molecular weight is 825 g/mol. The van der Waals surface area contributed by atoms with Crippen LogP contribution in [-0.4, -0.2) is 0 Å². The van der Waals surface area contributed by atoms with Gasteiger partial charge in [0.25, 0.3) is 0 Å². The van der Waals surface area contributed by atoms with Crippen LogP contribution in [0.25, 0.3) is 98.4 Å². The Kier molecular flexibility index (Phi) is 9.25. The van der Waals surface area contributed by atoms with Crippen LogP contribution >= 0.6 is 0 Å². The minimum Gasteiger partial charge on any atom is -0.310 e. The molecule has 0 amide bonds. The summed E-state index contributed by atoms with van der Waals surface area (Å²) in [6.45, 7) is 0. The molecule has 2 heteroatoms. The molecule has 0 saturated carbocycles. The first-order valence-electron chi connectivity index (χ1n) is 22.1. The molecule has 0 aliphatic carbocycles. The molecule has 2 nitrogen and oxygen atoms in total. The number of benzene rings is 12. The molecule has 12 aromatic rings. The fraction of sp³-hybridized carbons (Fsp3) is 0. The lowest BCUT2D eigenvalue weighted by Gasteiger charge is -2.26. The zero-order valence-corrected chi connectivity index (χ0v) is 35.5. The number of rotatable bonds is 7. The van der Waals surface area contributed by atoms with Gasteiger partial charge in [0.1, 0.15) is 0 Å². The van der Waals surface area contributed by atoms with Crippen molar-refractivity contribution in [3.05, 3.63) is 248 Å². The summed E-state index contributed by atoms with van der Waals surface area (Å²) >= 11 is 0. The monoisotopic (exact) mass is 824 g/mol. The van der Waals surface area contributed by atoms with Gasteiger partial charge in [0.2, 0.25) is 0 Å². The second-order valence-electron chi connectivity index (χ2n) is 16.8. The number of hydrogen-bond acceptors (Lipinski definition) is 2. The molecule has 302 valence electrons. The van der Waals surface area contributed by atoms with Crippen molar-refractivity contribution in [1.82, 2.24) is 0 Å². The Morgan fingerprint density at radius 1 is 0.277 bits per heavy atom. The molecule has 0 bridgehead atoms. The standard InChI is InChI=1S/C63H40N2/c64-41-42-24-32-51(33-25-42)65(52-34-28-44(29-35-52)43-12-2-1-3-13-43)53-36-30-48-38-47(26-27-49(48)39-53)50-31-37-60-61(40-50)63(57-23-11-17-46-15-5-7-19-55(46)57)59-21-9-8-20-58(59)62(60)56-22-10-16-45-14-4-6-18-54(45)56/h1-40H. The van der Waals surface area contributed by atoms with Gasteiger partial charge in [-0.25, -0.2) is 0 Å². The van der Waals surface area contributed by atoms with Gasteiger partial charge in [0.15, 0.2) is 0 Å². The van der Waals surface area contributed by atoms with E-state index in [1.807, 2.05) is 30.3 Å². The van der Waals surface area contributed by atoms with E-state index in [4.69, 9.17) is 0 Å². The van der Waals surface area contributed by atoms with Crippen molar-refractivity contribution in [2.75, 3.05) is 4.90 Å². The van der Waals surface area contributed by atoms with Crippen molar-refractivity contribution in [1.29, 1.82) is 5.26 Å². The first-order valence-corrected chi connectivity index (χ1v) is 22.1. The number of nitrogens with zero attached hydrogens (tertiary/aromatic N) is 2. The molecule has 0 spiro atoms. The van der Waals surface area contributed by atoms with E-state index in [2.05, 4.69) is 223 Å².